The standard InChI is InChI=1S/C23H27N5O/c1-16-9-13-27(23(29)28-14-10-17-5-3-4-6-19(17)28)15-21(16)26(2)20-8-12-25-22-18(20)7-11-24-22/h3-8,11-12,16,21H,9-10,13-15H2,1-2H3,(H,24,25)/t16-,21?/m1/s1. The number of nitrogens with one attached hydrogen (secondary N) is 1. The number of hydrogen-bond acceptors (Lipinski definition) is 3. The van der Waals surface area contributed by atoms with Crippen molar-refractivity contribution in [1.82, 2.24) is 14.9 Å². The Morgan fingerprint density at radius 1 is 1.21 bits per heavy atom. The number of aromatic nitrogens is 2. The number of rotatable bonds is 2. The van der Waals surface area contributed by atoms with Gasteiger partial charge < -0.3 is 14.8 Å². The average molecular weight is 390 g/mol. The van der Waals surface area contributed by atoms with Crippen LogP contribution >= 0.6 is 0 Å². The molecule has 1 fully saturated rings. The number of amides is 2. The fraction of sp³-hybridized carbons (Fsp3) is 0.391. The SMILES string of the molecule is C[C@@H]1CCN(C(=O)N2CCc3ccccc32)CC1N(C)c1ccnc2[nH]ccc12. The smallest absolute Gasteiger partial charge is 0.324 e. The Morgan fingerprint density at radius 2 is 2.07 bits per heavy atom. The number of H-pyrrole nitrogens is 1. The van der Waals surface area contributed by atoms with Crippen LogP contribution < -0.4 is 9.80 Å². The Morgan fingerprint density at radius 3 is 2.97 bits per heavy atom. The number of nitrogens with zero attached hydrogens (tertiary/aromatic N) is 4. The highest BCUT2D eigenvalue weighted by atomic mass is 16.2. The van der Waals surface area contributed by atoms with Gasteiger partial charge in [-0.2, -0.15) is 0 Å². The predicted octanol–water partition coefficient (Wildman–Crippen LogP) is 3.89. The van der Waals surface area contributed by atoms with Gasteiger partial charge in [0.15, 0.2) is 0 Å². The highest BCUT2D eigenvalue weighted by Crippen LogP contribution is 2.32. The van der Waals surface area contributed by atoms with Gasteiger partial charge >= 0.3 is 6.03 Å². The molecule has 1 unspecified atom stereocenters. The van der Waals surface area contributed by atoms with Gasteiger partial charge in [0.2, 0.25) is 0 Å². The van der Waals surface area contributed by atoms with Crippen molar-refractivity contribution in [3.63, 3.8) is 0 Å². The lowest BCUT2D eigenvalue weighted by atomic mass is 9.92. The third-order valence-electron chi connectivity index (χ3n) is 6.62. The predicted molar refractivity (Wildman–Crippen MR) is 117 cm³/mol. The summed E-state index contributed by atoms with van der Waals surface area (Å²) in [7, 11) is 2.14. The zero-order valence-corrected chi connectivity index (χ0v) is 17.0. The van der Waals surface area contributed by atoms with Gasteiger partial charge in [0.05, 0.1) is 0 Å². The maximum atomic E-state index is 13.4. The van der Waals surface area contributed by atoms with E-state index >= 15 is 0 Å². The van der Waals surface area contributed by atoms with Crippen LogP contribution in [0.25, 0.3) is 11.0 Å². The van der Waals surface area contributed by atoms with E-state index in [4.69, 9.17) is 0 Å². The average Bonchev–Trinajstić information content (AvgIpc) is 3.40. The molecule has 5 rings (SSSR count). The van der Waals surface area contributed by atoms with E-state index in [1.54, 1.807) is 0 Å². The van der Waals surface area contributed by atoms with Gasteiger partial charge in [0.1, 0.15) is 5.65 Å². The molecule has 0 saturated carbocycles. The van der Waals surface area contributed by atoms with Crippen molar-refractivity contribution in [2.45, 2.75) is 25.8 Å². The van der Waals surface area contributed by atoms with Crippen molar-refractivity contribution in [3.8, 4) is 0 Å². The van der Waals surface area contributed by atoms with Gasteiger partial charge in [-0.3, -0.25) is 4.90 Å². The molecule has 2 atom stereocenters. The van der Waals surface area contributed by atoms with Crippen molar-refractivity contribution >= 4 is 28.4 Å². The lowest BCUT2D eigenvalue weighted by Crippen LogP contribution is -2.55. The zero-order valence-electron chi connectivity index (χ0n) is 17.0. The summed E-state index contributed by atoms with van der Waals surface area (Å²) in [5.41, 5.74) is 4.41. The number of pyridine rings is 1. The molecule has 0 aliphatic carbocycles. The molecule has 150 valence electrons. The maximum Gasteiger partial charge on any atom is 0.324 e. The van der Waals surface area contributed by atoms with Crippen LogP contribution in [0.4, 0.5) is 16.2 Å². The quantitative estimate of drug-likeness (QED) is 0.723. The first-order chi connectivity index (χ1) is 14.1. The third kappa shape index (κ3) is 3.03. The third-order valence-corrected chi connectivity index (χ3v) is 6.62. The highest BCUT2D eigenvalue weighted by Gasteiger charge is 2.35. The van der Waals surface area contributed by atoms with Crippen molar-refractivity contribution < 1.29 is 4.79 Å². The van der Waals surface area contributed by atoms with Crippen LogP contribution in [0.3, 0.4) is 0 Å². The Bertz CT molecular complexity index is 1040. The van der Waals surface area contributed by atoms with E-state index in [1.165, 1.54) is 5.56 Å². The second-order valence-corrected chi connectivity index (χ2v) is 8.27. The summed E-state index contributed by atoms with van der Waals surface area (Å²) in [4.78, 5) is 27.3. The van der Waals surface area contributed by atoms with Crippen molar-refractivity contribution in [1.29, 1.82) is 0 Å². The molecule has 1 aromatic carbocycles. The van der Waals surface area contributed by atoms with Crippen molar-refractivity contribution in [2.75, 3.05) is 36.5 Å². The number of carbonyl (C=O) groups is 1. The summed E-state index contributed by atoms with van der Waals surface area (Å²) in [6.07, 6.45) is 5.73. The van der Waals surface area contributed by atoms with Crippen LogP contribution in [0, 0.1) is 5.92 Å². The van der Waals surface area contributed by atoms with Gasteiger partial charge in [0.25, 0.3) is 0 Å². The van der Waals surface area contributed by atoms with Crippen LogP contribution in [-0.4, -0.2) is 53.6 Å². The Labute approximate surface area is 171 Å². The summed E-state index contributed by atoms with van der Waals surface area (Å²) in [5, 5.41) is 1.12. The summed E-state index contributed by atoms with van der Waals surface area (Å²) in [6, 6.07) is 12.8. The van der Waals surface area contributed by atoms with Crippen LogP contribution in [0.1, 0.15) is 18.9 Å². The molecule has 1 N–H and O–H groups in total. The molecule has 0 radical (unpaired) electrons. The molecule has 3 aromatic rings. The minimum atomic E-state index is 0.141. The molecule has 1 saturated heterocycles. The van der Waals surface area contributed by atoms with Crippen molar-refractivity contribution in [2.24, 2.45) is 5.92 Å². The molecule has 29 heavy (non-hydrogen) atoms. The number of likely N-dealkylation sites (tertiary alicyclic amines) is 1. The number of fused-ring (bicyclic) bond motifs is 2. The van der Waals surface area contributed by atoms with Crippen LogP contribution in [-0.2, 0) is 6.42 Å². The number of aromatic amines is 1. The zero-order chi connectivity index (χ0) is 20.0. The number of anilines is 2. The first-order valence-corrected chi connectivity index (χ1v) is 10.4. The van der Waals surface area contributed by atoms with Gasteiger partial charge in [0, 0.05) is 61.9 Å². The highest BCUT2D eigenvalue weighted by molar-refractivity contribution is 5.94. The van der Waals surface area contributed by atoms with E-state index in [2.05, 4.69) is 59.2 Å². The normalized spacial score (nSPS) is 21.4. The number of benzene rings is 1. The summed E-state index contributed by atoms with van der Waals surface area (Å²) in [6.45, 7) is 4.63. The number of hydrogen-bond donors (Lipinski definition) is 1. The summed E-state index contributed by atoms with van der Waals surface area (Å²) in [5.74, 6) is 0.511. The van der Waals surface area contributed by atoms with Gasteiger partial charge in [-0.1, -0.05) is 25.1 Å². The first-order valence-electron chi connectivity index (χ1n) is 10.4. The fourth-order valence-corrected chi connectivity index (χ4v) is 4.87. The Hall–Kier alpha value is -3.02. The van der Waals surface area contributed by atoms with E-state index in [-0.39, 0.29) is 12.1 Å². The number of urea groups is 1. The monoisotopic (exact) mass is 389 g/mol. The van der Waals surface area contributed by atoms with E-state index < -0.39 is 0 Å². The first kappa shape index (κ1) is 18.0. The Kier molecular flexibility index (Phi) is 4.42. The van der Waals surface area contributed by atoms with E-state index in [0.717, 1.165) is 54.9 Å². The van der Waals surface area contributed by atoms with Crippen LogP contribution in [0.5, 0.6) is 0 Å². The molecule has 6 nitrogen and oxygen atoms in total. The summed E-state index contributed by atoms with van der Waals surface area (Å²) >= 11 is 0. The Balaban J connectivity index is 1.38. The molecule has 0 spiro atoms. The molecule has 2 aromatic heterocycles. The van der Waals surface area contributed by atoms with E-state index in [1.807, 2.05) is 28.3 Å². The van der Waals surface area contributed by atoms with Crippen LogP contribution in [0.2, 0.25) is 0 Å². The number of carbonyl (C=O) groups excluding carboxylic acids is 1. The fourth-order valence-electron chi connectivity index (χ4n) is 4.87. The van der Waals surface area contributed by atoms with Crippen molar-refractivity contribution in [3.05, 3.63) is 54.4 Å². The molecule has 2 amide bonds. The van der Waals surface area contributed by atoms with Gasteiger partial charge in [-0.05, 0) is 42.5 Å². The van der Waals surface area contributed by atoms with Crippen LogP contribution in [0.15, 0.2) is 48.8 Å². The molecular formula is C23H27N5O. The molecular weight excluding hydrogens is 362 g/mol. The lowest BCUT2D eigenvalue weighted by Gasteiger charge is -2.43. The molecule has 2 aliphatic rings. The second-order valence-electron chi connectivity index (χ2n) is 8.27. The lowest BCUT2D eigenvalue weighted by molar-refractivity contribution is 0.167. The minimum Gasteiger partial charge on any atom is -0.369 e. The molecule has 4 heterocycles. The summed E-state index contributed by atoms with van der Waals surface area (Å²) < 4.78 is 0. The number of piperidine rings is 1. The molecule has 2 aliphatic heterocycles. The maximum absolute atomic E-state index is 13.4. The second kappa shape index (κ2) is 7.10. The minimum absolute atomic E-state index is 0.141. The van der Waals surface area contributed by atoms with E-state index in [9.17, 15) is 4.79 Å². The largest absolute Gasteiger partial charge is 0.369 e. The molecule has 0 bridgehead atoms. The van der Waals surface area contributed by atoms with Gasteiger partial charge in [-0.25, -0.2) is 9.78 Å². The van der Waals surface area contributed by atoms with E-state index in [0.29, 0.717) is 5.92 Å². The topological polar surface area (TPSA) is 55.5 Å². The number of para-hydroxylation sites is 1. The van der Waals surface area contributed by atoms with Gasteiger partial charge in [-0.15, -0.1) is 0 Å². The number of likely N-dealkylation sites (N-methyl/N-ethyl adjacent to an activating group) is 1. The molecule has 6 heteroatoms.